The molecular formula is C78H95N7O12. The average Bonchev–Trinajstić information content (AvgIpc) is 1.59. The van der Waals surface area contributed by atoms with Crippen LogP contribution in [0.1, 0.15) is 164 Å². The van der Waals surface area contributed by atoms with Crippen molar-refractivity contribution in [1.29, 1.82) is 5.26 Å². The van der Waals surface area contributed by atoms with E-state index in [0.29, 0.717) is 91.0 Å². The number of imidazole rings is 1. The van der Waals surface area contributed by atoms with Gasteiger partial charge < -0.3 is 29.7 Å². The van der Waals surface area contributed by atoms with Crippen molar-refractivity contribution in [2.75, 3.05) is 13.7 Å². The van der Waals surface area contributed by atoms with Crippen LogP contribution < -0.4 is 5.69 Å². The summed E-state index contributed by atoms with van der Waals surface area (Å²) < 4.78 is 15.4. The van der Waals surface area contributed by atoms with Gasteiger partial charge in [0.15, 0.2) is 5.78 Å². The minimum absolute atomic E-state index is 0.0434. The molecule has 6 aromatic rings. The number of piperidine rings is 1. The Hall–Kier alpha value is -8.41. The maximum Gasteiger partial charge on any atom is 0.334 e. The number of aromatic nitrogens is 4. The van der Waals surface area contributed by atoms with Crippen molar-refractivity contribution in [2.45, 2.75) is 200 Å². The van der Waals surface area contributed by atoms with Crippen molar-refractivity contribution in [3.63, 3.8) is 0 Å². The van der Waals surface area contributed by atoms with Gasteiger partial charge in [-0.2, -0.15) is 5.26 Å². The molecule has 0 spiro atoms. The van der Waals surface area contributed by atoms with E-state index in [1.807, 2.05) is 138 Å². The van der Waals surface area contributed by atoms with E-state index in [9.17, 15) is 49.5 Å². The van der Waals surface area contributed by atoms with Gasteiger partial charge in [-0.1, -0.05) is 126 Å². The second-order valence-corrected chi connectivity index (χ2v) is 28.3. The third-order valence-electron chi connectivity index (χ3n) is 20.7. The minimum atomic E-state index is -3.02. The fourth-order valence-electron chi connectivity index (χ4n) is 14.5. The van der Waals surface area contributed by atoms with Gasteiger partial charge in [-0.3, -0.25) is 38.3 Å². The number of nitriles is 1. The Morgan fingerprint density at radius 3 is 2.21 bits per heavy atom. The highest BCUT2D eigenvalue weighted by atomic mass is 16.5. The van der Waals surface area contributed by atoms with Crippen LogP contribution in [0.4, 0.5) is 0 Å². The summed E-state index contributed by atoms with van der Waals surface area (Å²) in [6.07, 6.45) is 16.2. The quantitative estimate of drug-likeness (QED) is 0.0525. The molecule has 1 saturated carbocycles. The molecule has 97 heavy (non-hydrogen) atoms. The Morgan fingerprint density at radius 2 is 1.49 bits per heavy atom. The van der Waals surface area contributed by atoms with Crippen LogP contribution in [0.25, 0.3) is 49.7 Å². The lowest BCUT2D eigenvalue weighted by Crippen LogP contribution is -2.57. The number of hydrogen-bond donors (Lipinski definition) is 3. The number of rotatable bonds is 9. The number of pyridine rings is 2. The number of benzene rings is 3. The zero-order valence-corrected chi connectivity index (χ0v) is 57.7. The lowest BCUT2D eigenvalue weighted by Gasteiger charge is -2.37. The highest BCUT2D eigenvalue weighted by Crippen LogP contribution is 2.38. The summed E-state index contributed by atoms with van der Waals surface area (Å²) >= 11 is 0. The average molecular weight is 1320 g/mol. The highest BCUT2D eigenvalue weighted by molar-refractivity contribution is 6.39. The molecule has 1 saturated heterocycles. The highest BCUT2D eigenvalue weighted by Gasteiger charge is 2.50. The predicted molar refractivity (Wildman–Crippen MR) is 375 cm³/mol. The number of Topliss-reactive ketones (excluding diaryl/α,β-unsaturated/α-hetero) is 3. The summed E-state index contributed by atoms with van der Waals surface area (Å²) in [6.45, 7) is 16.0. The van der Waals surface area contributed by atoms with E-state index in [1.165, 1.54) is 14.0 Å². The van der Waals surface area contributed by atoms with Gasteiger partial charge in [0.1, 0.15) is 30.1 Å². The first-order valence-electron chi connectivity index (χ1n) is 34.5. The predicted octanol–water partition coefficient (Wildman–Crippen LogP) is 13.2. The summed E-state index contributed by atoms with van der Waals surface area (Å²) in [5, 5.41) is 48.8. The third kappa shape index (κ3) is 16.4. The molecule has 3 aromatic heterocycles. The van der Waals surface area contributed by atoms with Gasteiger partial charge in [0.25, 0.3) is 17.4 Å². The molecule has 9 rings (SSSR count). The first-order valence-corrected chi connectivity index (χ1v) is 34.5. The molecule has 3 N–H and O–H groups in total. The third-order valence-corrected chi connectivity index (χ3v) is 20.7. The largest absolute Gasteiger partial charge is 0.460 e. The van der Waals surface area contributed by atoms with Crippen LogP contribution in [0.3, 0.4) is 0 Å². The number of para-hydroxylation sites is 1. The number of ketones is 3. The molecule has 514 valence electrons. The second kappa shape index (κ2) is 31.9. The van der Waals surface area contributed by atoms with Crippen LogP contribution in [0, 0.1) is 51.7 Å². The van der Waals surface area contributed by atoms with Crippen LogP contribution in [0.5, 0.6) is 0 Å². The molecule has 1 aliphatic carbocycles. The minimum Gasteiger partial charge on any atom is -0.460 e. The summed E-state index contributed by atoms with van der Waals surface area (Å²) in [5.74, 6) is -7.01. The van der Waals surface area contributed by atoms with Gasteiger partial charge in [-0.05, 0) is 174 Å². The van der Waals surface area contributed by atoms with Gasteiger partial charge >= 0.3 is 11.7 Å². The van der Waals surface area contributed by atoms with Crippen molar-refractivity contribution < 1.29 is 48.8 Å². The van der Waals surface area contributed by atoms with Gasteiger partial charge in [0.2, 0.25) is 0 Å². The van der Waals surface area contributed by atoms with Crippen molar-refractivity contribution in [3.05, 3.63) is 154 Å². The van der Waals surface area contributed by atoms with Gasteiger partial charge in [0.05, 0.1) is 57.6 Å². The number of carbonyl (C=O) groups excluding carboxylic acids is 5. The number of aliphatic hydroxyl groups excluding tert-OH is 2. The smallest absolute Gasteiger partial charge is 0.334 e. The molecule has 0 radical (unpaired) electrons. The van der Waals surface area contributed by atoms with Crippen LogP contribution in [-0.4, -0.2) is 118 Å². The monoisotopic (exact) mass is 1320 g/mol. The fraction of sp³-hybridized carbons (Fsp3) is 0.500. The lowest BCUT2D eigenvalue weighted by atomic mass is 9.79. The Kier molecular flexibility index (Phi) is 23.9. The zero-order valence-electron chi connectivity index (χ0n) is 57.7. The standard InChI is InChI=1S/C78H95N7O12/c1-47-20-12-11-13-21-48(2)64(85-66-45-81-63-36-29-55(57-41-56-23-15-16-24-62(56)80-44-57)42-61(63)69(66)84(76(85)93)59-32-30-58(31-33-59)77(8,9)46-79)25-17-14-22-53(7)78(94,82-95)73(90)74(91)83-37-19-18-26-65(83)75(92)97-68(50(4)40-54-27-34-60(86)35-28-54)43-67(87)49(3)39-52(6)71(89)72(96-10)70(88)51(5)38-47/h11-13,15-16,20-21,23-24,29-33,36,39,41-42,44-45,47,49-51,53-54,60,64-65,68,71-72,86,89,94H,14,17-19,22,25-28,34-35,37-38,40,43H2,1-10H3/b13-11+,20-12+,48-21-,52-39+/t47-,49-,50?,51-,53-,54?,60?,64-,65+,68+,71-,72+,78+/m1/s1. The zero-order chi connectivity index (χ0) is 70.0. The van der Waals surface area contributed by atoms with Crippen molar-refractivity contribution in [2.24, 2.45) is 40.7 Å². The van der Waals surface area contributed by atoms with E-state index in [0.717, 1.165) is 50.9 Å². The number of hydrogen-bond acceptors (Lipinski definition) is 16. The van der Waals surface area contributed by atoms with Crippen LogP contribution in [0.15, 0.2) is 143 Å². The first kappa shape index (κ1) is 72.8. The van der Waals surface area contributed by atoms with Gasteiger partial charge in [-0.25, -0.2) is 9.59 Å². The number of methoxy groups -OCH3 is 1. The maximum atomic E-state index is 15.8. The number of ether oxygens (including phenoxy) is 2. The molecule has 1 unspecified atom stereocenters. The number of amides is 1. The number of carbonyl (C=O) groups is 5. The molecule has 19 heteroatoms. The second-order valence-electron chi connectivity index (χ2n) is 28.3. The summed E-state index contributed by atoms with van der Waals surface area (Å²) in [7, 11) is 1.36. The number of nitroso groups, excluding NO2 is 1. The molecule has 3 aliphatic rings. The molecule has 11 atom stereocenters. The molecule has 0 bridgehead atoms. The van der Waals surface area contributed by atoms with Crippen molar-refractivity contribution in [3.8, 4) is 22.9 Å². The van der Waals surface area contributed by atoms with E-state index >= 15 is 4.79 Å². The van der Waals surface area contributed by atoms with Crippen LogP contribution in [0.2, 0.25) is 0 Å². The normalized spacial score (nSPS) is 29.3. The summed E-state index contributed by atoms with van der Waals surface area (Å²) in [6, 6.07) is 23.7. The van der Waals surface area contributed by atoms with E-state index in [4.69, 9.17) is 19.4 Å². The molecule has 5 heterocycles. The Balaban J connectivity index is 1.10. The number of esters is 1. The Labute approximate surface area is 568 Å². The van der Waals surface area contributed by atoms with Crippen LogP contribution >= 0.6 is 0 Å². The Morgan fingerprint density at radius 1 is 0.804 bits per heavy atom. The number of fused-ring (bicyclic) bond motifs is 5. The Bertz CT molecular complexity index is 4110. The molecule has 2 fully saturated rings. The van der Waals surface area contributed by atoms with Crippen molar-refractivity contribution in [1.82, 2.24) is 24.0 Å². The number of allylic oxidation sites excluding steroid dienone is 7. The number of cyclic esters (lactones) is 1. The van der Waals surface area contributed by atoms with E-state index in [1.54, 1.807) is 42.2 Å². The first-order chi connectivity index (χ1) is 46.3. The topological polar surface area (TPSA) is 274 Å². The molecular weight excluding hydrogens is 1230 g/mol. The number of aliphatic hydroxyl groups is 3. The van der Waals surface area contributed by atoms with E-state index in [-0.39, 0.29) is 60.8 Å². The van der Waals surface area contributed by atoms with Crippen molar-refractivity contribution >= 4 is 62.1 Å². The van der Waals surface area contributed by atoms with Gasteiger partial charge in [0, 0.05) is 60.4 Å². The van der Waals surface area contributed by atoms with E-state index in [2.05, 4.69) is 17.3 Å². The molecule has 19 nitrogen and oxygen atoms in total. The molecule has 3 aromatic carbocycles. The fourth-order valence-corrected chi connectivity index (χ4v) is 14.5. The number of nitrogens with zero attached hydrogens (tertiary/aromatic N) is 7. The molecule has 2 aliphatic heterocycles. The summed E-state index contributed by atoms with van der Waals surface area (Å²) in [5.41, 5.74) is 2.54. The summed E-state index contributed by atoms with van der Waals surface area (Å²) in [4.78, 5) is 112. The van der Waals surface area contributed by atoms with E-state index < -0.39 is 83.1 Å². The SMILES string of the molecule is CO[C@H]1C(=O)[C@H](C)C[C@H](C)/C=C/C=C/C=C(/C)[C@H](n2c(=O)n(-c3ccc(C(C)(C)C#N)cc3)c3c4cc(-c5cnc6ccccc6c5)ccc4ncc32)CCCC[C@@H](C)[C@@](O)(N=O)C(=O)C(=O)N2CCCC[C@H]2C(=O)O[C@H](C(C)CC2CCC(O)CC2)CC(=O)[C@H](C)/C=C(\C)[C@H]1O. The maximum absolute atomic E-state index is 15.8. The van der Waals surface area contributed by atoms with Gasteiger partial charge in [-0.15, -0.1) is 4.91 Å². The lowest BCUT2D eigenvalue weighted by molar-refractivity contribution is -0.169. The molecule has 1 amide bonds. The van der Waals surface area contributed by atoms with Crippen LogP contribution in [-0.2, 0) is 38.9 Å².